The fourth-order valence-corrected chi connectivity index (χ4v) is 6.05. The van der Waals surface area contributed by atoms with Crippen LogP contribution in [0.3, 0.4) is 0 Å². The van der Waals surface area contributed by atoms with Gasteiger partial charge in [0.25, 0.3) is 0 Å². The molecule has 0 spiro atoms. The minimum absolute atomic E-state index is 0.187. The van der Waals surface area contributed by atoms with E-state index >= 15 is 0 Å². The van der Waals surface area contributed by atoms with Crippen molar-refractivity contribution < 1.29 is 15.0 Å². The third kappa shape index (κ3) is 4.74. The topological polar surface area (TPSA) is 125 Å². The Morgan fingerprint density at radius 1 is 1.12 bits per heavy atom. The molecule has 2 aromatic heterocycles. The zero-order chi connectivity index (χ0) is 28.0. The first-order valence-electron chi connectivity index (χ1n) is 13.2. The van der Waals surface area contributed by atoms with Gasteiger partial charge >= 0.3 is 0 Å². The molecule has 40 heavy (non-hydrogen) atoms. The molecule has 6 rings (SSSR count). The number of aliphatic hydroxyl groups is 2. The van der Waals surface area contributed by atoms with Crippen LogP contribution >= 0.6 is 15.9 Å². The van der Waals surface area contributed by atoms with Crippen molar-refractivity contribution in [2.75, 3.05) is 12.4 Å². The predicted molar refractivity (Wildman–Crippen MR) is 154 cm³/mol. The molecule has 0 saturated heterocycles. The average molecular weight is 602 g/mol. The number of benzene rings is 2. The van der Waals surface area contributed by atoms with E-state index in [4.69, 9.17) is 9.97 Å². The van der Waals surface area contributed by atoms with Crippen LogP contribution in [0.1, 0.15) is 48.7 Å². The van der Waals surface area contributed by atoms with Crippen LogP contribution in [0.15, 0.2) is 65.4 Å². The Balaban J connectivity index is 1.39. The van der Waals surface area contributed by atoms with Gasteiger partial charge in [0.1, 0.15) is 6.10 Å². The summed E-state index contributed by atoms with van der Waals surface area (Å²) in [7, 11) is 1.52. The maximum Gasteiger partial charge on any atom is 0.228 e. The van der Waals surface area contributed by atoms with Crippen LogP contribution in [0.2, 0.25) is 0 Å². The number of aromatic nitrogens is 4. The number of aliphatic hydroxyl groups excluding tert-OH is 2. The first-order valence-corrected chi connectivity index (χ1v) is 14.0. The van der Waals surface area contributed by atoms with Gasteiger partial charge < -0.3 is 25.4 Å². The Kier molecular flexibility index (Phi) is 6.82. The van der Waals surface area contributed by atoms with E-state index in [1.807, 2.05) is 42.5 Å². The lowest BCUT2D eigenvalue weighted by Crippen LogP contribution is -2.45. The zero-order valence-corrected chi connectivity index (χ0v) is 23.6. The van der Waals surface area contributed by atoms with Gasteiger partial charge in [0.2, 0.25) is 11.7 Å². The molecule has 4 aromatic rings. The summed E-state index contributed by atoms with van der Waals surface area (Å²) in [4.78, 5) is 26.7. The summed E-state index contributed by atoms with van der Waals surface area (Å²) in [6.07, 6.45) is 0.336. The van der Waals surface area contributed by atoms with Gasteiger partial charge in [-0.25, -0.2) is 15.0 Å². The second-order valence-electron chi connectivity index (χ2n) is 10.7. The highest BCUT2D eigenvalue weighted by molar-refractivity contribution is 9.10. The van der Waals surface area contributed by atoms with Gasteiger partial charge in [-0.3, -0.25) is 4.79 Å². The van der Waals surface area contributed by atoms with Gasteiger partial charge in [-0.05, 0) is 49.4 Å². The molecule has 2 aromatic carbocycles. The van der Waals surface area contributed by atoms with Crippen molar-refractivity contribution in [2.24, 2.45) is 5.41 Å². The number of rotatable bonds is 5. The summed E-state index contributed by atoms with van der Waals surface area (Å²) in [6, 6.07) is 17.6. The molecular weight excluding hydrogens is 572 g/mol. The molecule has 10 heteroatoms. The van der Waals surface area contributed by atoms with Crippen molar-refractivity contribution in [1.29, 1.82) is 0 Å². The van der Waals surface area contributed by atoms with Crippen LogP contribution in [0.4, 0.5) is 5.82 Å². The van der Waals surface area contributed by atoms with Crippen molar-refractivity contribution in [3.05, 3.63) is 82.3 Å². The van der Waals surface area contributed by atoms with E-state index in [2.05, 4.69) is 55.5 Å². The number of halogens is 1. The van der Waals surface area contributed by atoms with Gasteiger partial charge in [-0.15, -0.1) is 0 Å². The number of hydrogen-bond acceptors (Lipinski definition) is 7. The average Bonchev–Trinajstić information content (AvgIpc) is 3.54. The standard InChI is InChI=1S/C30H29BrN6O3/c1-30(29(40)32-2)15-22(25(38)26(30)39)37-16-33-24-27(34-21-14-20(21)18-8-4-3-5-9-18)35-23(36-28(24)37)12-11-17-7-6-10-19(31)13-17/h3-10,13,16,20-22,25-26,38-39H,14-15H2,1-2H3,(H,32,40)(H,34,35,36). The van der Waals surface area contributed by atoms with E-state index in [9.17, 15) is 15.0 Å². The van der Waals surface area contributed by atoms with E-state index in [1.165, 1.54) is 12.6 Å². The van der Waals surface area contributed by atoms with Gasteiger partial charge in [0, 0.05) is 29.0 Å². The minimum atomic E-state index is -1.25. The Labute approximate surface area is 240 Å². The van der Waals surface area contributed by atoms with Gasteiger partial charge in [-0.2, -0.15) is 0 Å². The molecule has 2 saturated carbocycles. The van der Waals surface area contributed by atoms with Gasteiger partial charge in [0.15, 0.2) is 17.0 Å². The number of imidazole rings is 1. The van der Waals surface area contributed by atoms with Gasteiger partial charge in [-0.1, -0.05) is 58.2 Å². The normalized spacial score (nSPS) is 27.2. The lowest BCUT2D eigenvalue weighted by molar-refractivity contribution is -0.136. The fourth-order valence-electron chi connectivity index (χ4n) is 5.65. The Hall–Kier alpha value is -3.78. The smallest absolute Gasteiger partial charge is 0.228 e. The van der Waals surface area contributed by atoms with E-state index in [0.717, 1.165) is 16.5 Å². The van der Waals surface area contributed by atoms with E-state index in [1.54, 1.807) is 17.8 Å². The van der Waals surface area contributed by atoms with Crippen LogP contribution < -0.4 is 10.6 Å². The minimum Gasteiger partial charge on any atom is -0.389 e. The number of carbonyl (C=O) groups excluding carboxylic acids is 1. The predicted octanol–water partition coefficient (Wildman–Crippen LogP) is 3.38. The number of nitrogens with zero attached hydrogens (tertiary/aromatic N) is 4. The summed E-state index contributed by atoms with van der Waals surface area (Å²) in [5.74, 6) is 7.10. The van der Waals surface area contributed by atoms with Crippen LogP contribution in [0, 0.1) is 17.3 Å². The summed E-state index contributed by atoms with van der Waals surface area (Å²) < 4.78 is 2.65. The molecule has 2 heterocycles. The van der Waals surface area contributed by atoms with Crippen molar-refractivity contribution >= 4 is 38.8 Å². The third-order valence-corrected chi connectivity index (χ3v) is 8.50. The number of anilines is 1. The van der Waals surface area contributed by atoms with Crippen LogP contribution in [0.25, 0.3) is 11.2 Å². The number of nitrogens with one attached hydrogen (secondary N) is 2. The molecule has 9 nitrogen and oxygen atoms in total. The van der Waals surface area contributed by atoms with E-state index in [-0.39, 0.29) is 18.4 Å². The Bertz CT molecular complexity index is 1650. The molecular formula is C30H29BrN6O3. The Morgan fingerprint density at radius 3 is 2.67 bits per heavy atom. The van der Waals surface area contributed by atoms with Crippen molar-refractivity contribution in [3.63, 3.8) is 0 Å². The number of fused-ring (bicyclic) bond motifs is 1. The molecule has 2 fully saturated rings. The second-order valence-corrected chi connectivity index (χ2v) is 11.6. The van der Waals surface area contributed by atoms with Crippen LogP contribution in [-0.4, -0.2) is 60.9 Å². The molecule has 6 atom stereocenters. The fraction of sp³-hybridized carbons (Fsp3) is 0.333. The molecule has 6 unspecified atom stereocenters. The summed E-state index contributed by atoms with van der Waals surface area (Å²) in [6.45, 7) is 1.66. The molecule has 2 aliphatic carbocycles. The summed E-state index contributed by atoms with van der Waals surface area (Å²) in [5, 5.41) is 28.0. The van der Waals surface area contributed by atoms with Crippen molar-refractivity contribution in [1.82, 2.24) is 24.8 Å². The quantitative estimate of drug-likeness (QED) is 0.259. The van der Waals surface area contributed by atoms with E-state index in [0.29, 0.717) is 28.7 Å². The first-order chi connectivity index (χ1) is 19.3. The largest absolute Gasteiger partial charge is 0.389 e. The third-order valence-electron chi connectivity index (χ3n) is 8.01. The monoisotopic (exact) mass is 600 g/mol. The van der Waals surface area contributed by atoms with Crippen molar-refractivity contribution in [2.45, 2.75) is 50.0 Å². The van der Waals surface area contributed by atoms with Crippen molar-refractivity contribution in [3.8, 4) is 11.8 Å². The molecule has 2 aliphatic rings. The maximum absolute atomic E-state index is 12.6. The summed E-state index contributed by atoms with van der Waals surface area (Å²) in [5.41, 5.74) is 1.93. The van der Waals surface area contributed by atoms with Crippen LogP contribution in [-0.2, 0) is 4.79 Å². The Morgan fingerprint density at radius 2 is 1.93 bits per heavy atom. The lowest BCUT2D eigenvalue weighted by atomic mass is 9.85. The highest BCUT2D eigenvalue weighted by Gasteiger charge is 2.55. The molecule has 0 radical (unpaired) electrons. The van der Waals surface area contributed by atoms with E-state index < -0.39 is 23.7 Å². The first kappa shape index (κ1) is 26.4. The molecule has 0 bridgehead atoms. The molecule has 204 valence electrons. The number of carbonyl (C=O) groups is 1. The number of hydrogen-bond donors (Lipinski definition) is 4. The van der Waals surface area contributed by atoms with Gasteiger partial charge in [0.05, 0.1) is 23.9 Å². The highest BCUT2D eigenvalue weighted by atomic mass is 79.9. The SMILES string of the molecule is CNC(=O)C1(C)CC(n2cnc3c(NC4CC4c4ccccc4)nc(C#Cc4cccc(Br)c4)nc32)C(O)C1O. The lowest BCUT2D eigenvalue weighted by Gasteiger charge is -2.26. The highest BCUT2D eigenvalue weighted by Crippen LogP contribution is 2.46. The second kappa shape index (κ2) is 10.3. The summed E-state index contributed by atoms with van der Waals surface area (Å²) >= 11 is 3.48. The maximum atomic E-state index is 12.6. The number of amides is 1. The molecule has 4 N–H and O–H groups in total. The molecule has 0 aliphatic heterocycles. The van der Waals surface area contributed by atoms with Crippen LogP contribution in [0.5, 0.6) is 0 Å². The zero-order valence-electron chi connectivity index (χ0n) is 22.0. The molecule has 1 amide bonds.